The van der Waals surface area contributed by atoms with Crippen LogP contribution in [0.5, 0.6) is 0 Å². The minimum atomic E-state index is -0.370. The molecule has 0 radical (unpaired) electrons. The van der Waals surface area contributed by atoms with E-state index in [2.05, 4.69) is 0 Å². The van der Waals surface area contributed by atoms with Crippen molar-refractivity contribution < 1.29 is 19.2 Å². The standard InChI is InChI=1S/C20H20N2O4S2/c1-13(23)21(14(2)24)17-9-5-7-11-19(17)27-28-20-12-8-6-10-18(20)22(15(3)25)16(4)26/h5-12H,1-4H3. The fraction of sp³-hybridized carbons (Fsp3) is 0.200. The Morgan fingerprint density at radius 1 is 0.571 bits per heavy atom. The number of nitrogens with zero attached hydrogens (tertiary/aromatic N) is 2. The van der Waals surface area contributed by atoms with Crippen LogP contribution in [0.15, 0.2) is 58.3 Å². The summed E-state index contributed by atoms with van der Waals surface area (Å²) < 4.78 is 0. The predicted molar refractivity (Wildman–Crippen MR) is 112 cm³/mol. The number of anilines is 2. The molecule has 0 heterocycles. The third-order valence-electron chi connectivity index (χ3n) is 3.69. The van der Waals surface area contributed by atoms with Gasteiger partial charge in [0.05, 0.1) is 11.4 Å². The Labute approximate surface area is 171 Å². The third kappa shape index (κ3) is 5.02. The molecular formula is C20H20N2O4S2. The Morgan fingerprint density at radius 3 is 1.14 bits per heavy atom. The van der Waals surface area contributed by atoms with Gasteiger partial charge in [-0.05, 0) is 24.3 Å². The molecule has 146 valence electrons. The van der Waals surface area contributed by atoms with Gasteiger partial charge in [-0.15, -0.1) is 0 Å². The van der Waals surface area contributed by atoms with Gasteiger partial charge < -0.3 is 0 Å². The minimum Gasteiger partial charge on any atom is -0.274 e. The minimum absolute atomic E-state index is 0.370. The summed E-state index contributed by atoms with van der Waals surface area (Å²) in [4.78, 5) is 51.3. The molecule has 8 heteroatoms. The molecule has 0 saturated heterocycles. The number of imide groups is 2. The first-order valence-electron chi connectivity index (χ1n) is 8.39. The second-order valence-electron chi connectivity index (χ2n) is 5.85. The van der Waals surface area contributed by atoms with Gasteiger partial charge in [0.15, 0.2) is 0 Å². The van der Waals surface area contributed by atoms with Crippen LogP contribution in [-0.4, -0.2) is 23.6 Å². The van der Waals surface area contributed by atoms with E-state index in [1.54, 1.807) is 24.3 Å². The van der Waals surface area contributed by atoms with Crippen molar-refractivity contribution in [3.8, 4) is 0 Å². The molecule has 0 aliphatic heterocycles. The zero-order chi connectivity index (χ0) is 20.8. The monoisotopic (exact) mass is 416 g/mol. The van der Waals surface area contributed by atoms with Crippen LogP contribution in [-0.2, 0) is 19.2 Å². The Kier molecular flexibility index (Phi) is 7.42. The number of carbonyl (C=O) groups excluding carboxylic acids is 4. The summed E-state index contributed by atoms with van der Waals surface area (Å²) in [6.07, 6.45) is 0. The second kappa shape index (κ2) is 9.57. The maximum absolute atomic E-state index is 11.9. The molecule has 2 aromatic carbocycles. The highest BCUT2D eigenvalue weighted by molar-refractivity contribution is 8.76. The molecule has 0 atom stereocenters. The summed E-state index contributed by atoms with van der Waals surface area (Å²) in [5.74, 6) is -1.48. The fourth-order valence-corrected chi connectivity index (χ4v) is 4.96. The van der Waals surface area contributed by atoms with Crippen molar-refractivity contribution in [3.05, 3.63) is 48.5 Å². The van der Waals surface area contributed by atoms with E-state index in [4.69, 9.17) is 0 Å². The van der Waals surface area contributed by atoms with E-state index >= 15 is 0 Å². The number of benzene rings is 2. The van der Waals surface area contributed by atoms with Crippen molar-refractivity contribution in [2.45, 2.75) is 37.5 Å². The SMILES string of the molecule is CC(=O)N(C(C)=O)c1ccccc1SSc1ccccc1N(C(C)=O)C(C)=O. The molecule has 0 unspecified atom stereocenters. The van der Waals surface area contributed by atoms with Crippen molar-refractivity contribution >= 4 is 56.6 Å². The van der Waals surface area contributed by atoms with Crippen molar-refractivity contribution in [2.75, 3.05) is 9.80 Å². The van der Waals surface area contributed by atoms with Crippen LogP contribution in [0.25, 0.3) is 0 Å². The molecule has 0 saturated carbocycles. The number of hydrogen-bond acceptors (Lipinski definition) is 6. The molecule has 0 bridgehead atoms. The van der Waals surface area contributed by atoms with Crippen molar-refractivity contribution in [2.24, 2.45) is 0 Å². The van der Waals surface area contributed by atoms with Gasteiger partial charge in [-0.2, -0.15) is 0 Å². The lowest BCUT2D eigenvalue weighted by molar-refractivity contribution is -0.125. The fourth-order valence-electron chi connectivity index (χ4n) is 2.64. The largest absolute Gasteiger partial charge is 0.274 e. The van der Waals surface area contributed by atoms with E-state index in [0.29, 0.717) is 21.2 Å². The Balaban J connectivity index is 2.37. The first-order valence-corrected chi connectivity index (χ1v) is 10.5. The Morgan fingerprint density at radius 2 is 0.857 bits per heavy atom. The van der Waals surface area contributed by atoms with E-state index < -0.39 is 0 Å². The number of para-hydroxylation sites is 2. The summed E-state index contributed by atoms with van der Waals surface area (Å²) in [6, 6.07) is 14.2. The maximum atomic E-state index is 11.9. The van der Waals surface area contributed by atoms with E-state index in [1.807, 2.05) is 24.3 Å². The van der Waals surface area contributed by atoms with Gasteiger partial charge in [-0.3, -0.25) is 19.2 Å². The first-order chi connectivity index (χ1) is 13.2. The van der Waals surface area contributed by atoms with Crippen molar-refractivity contribution in [1.82, 2.24) is 0 Å². The number of carbonyl (C=O) groups is 4. The zero-order valence-corrected chi connectivity index (χ0v) is 17.6. The van der Waals surface area contributed by atoms with E-state index in [9.17, 15) is 19.2 Å². The highest BCUT2D eigenvalue weighted by Crippen LogP contribution is 2.45. The van der Waals surface area contributed by atoms with Crippen LogP contribution in [0.2, 0.25) is 0 Å². The average molecular weight is 417 g/mol. The molecule has 2 rings (SSSR count). The molecule has 28 heavy (non-hydrogen) atoms. The molecule has 0 aromatic heterocycles. The van der Waals surface area contributed by atoms with Gasteiger partial charge in [-0.1, -0.05) is 45.9 Å². The summed E-state index contributed by atoms with van der Waals surface area (Å²) in [6.45, 7) is 5.34. The van der Waals surface area contributed by atoms with Gasteiger partial charge >= 0.3 is 0 Å². The molecule has 6 nitrogen and oxygen atoms in total. The number of amides is 4. The van der Waals surface area contributed by atoms with Gasteiger partial charge in [0.2, 0.25) is 23.6 Å². The lowest BCUT2D eigenvalue weighted by Gasteiger charge is -2.22. The predicted octanol–water partition coefficient (Wildman–Crippen LogP) is 4.28. The highest BCUT2D eigenvalue weighted by atomic mass is 33.1. The average Bonchev–Trinajstić information content (AvgIpc) is 2.61. The van der Waals surface area contributed by atoms with Crippen molar-refractivity contribution in [1.29, 1.82) is 0 Å². The van der Waals surface area contributed by atoms with E-state index in [-0.39, 0.29) is 23.6 Å². The van der Waals surface area contributed by atoms with Crippen LogP contribution in [0.1, 0.15) is 27.7 Å². The van der Waals surface area contributed by atoms with Crippen LogP contribution < -0.4 is 9.80 Å². The smallest absolute Gasteiger partial charge is 0.230 e. The third-order valence-corrected chi connectivity index (χ3v) is 6.15. The quantitative estimate of drug-likeness (QED) is 0.677. The van der Waals surface area contributed by atoms with Crippen LogP contribution >= 0.6 is 21.6 Å². The first kappa shape index (κ1) is 21.7. The molecule has 0 fully saturated rings. The van der Waals surface area contributed by atoms with Gasteiger partial charge in [0.1, 0.15) is 0 Å². The van der Waals surface area contributed by atoms with Gasteiger partial charge in [0, 0.05) is 37.5 Å². The van der Waals surface area contributed by atoms with E-state index in [1.165, 1.54) is 49.3 Å². The topological polar surface area (TPSA) is 74.8 Å². The molecule has 0 spiro atoms. The van der Waals surface area contributed by atoms with Crippen molar-refractivity contribution in [3.63, 3.8) is 0 Å². The van der Waals surface area contributed by atoms with Gasteiger partial charge in [-0.25, -0.2) is 9.80 Å². The van der Waals surface area contributed by atoms with Crippen LogP contribution in [0.4, 0.5) is 11.4 Å². The second-order valence-corrected chi connectivity index (χ2v) is 8.06. The summed E-state index contributed by atoms with van der Waals surface area (Å²) in [5.41, 5.74) is 0.986. The molecule has 0 N–H and O–H groups in total. The molecule has 0 aliphatic rings. The lowest BCUT2D eigenvalue weighted by atomic mass is 10.3. The molecule has 2 aromatic rings. The Hall–Kier alpha value is -2.58. The lowest BCUT2D eigenvalue weighted by Crippen LogP contribution is -2.33. The Bertz CT molecular complexity index is 826. The molecule has 0 aliphatic carbocycles. The van der Waals surface area contributed by atoms with E-state index in [0.717, 1.165) is 9.80 Å². The summed E-state index contributed by atoms with van der Waals surface area (Å²) in [7, 11) is 2.68. The van der Waals surface area contributed by atoms with Gasteiger partial charge in [0.25, 0.3) is 0 Å². The number of hydrogen-bond donors (Lipinski definition) is 0. The summed E-state index contributed by atoms with van der Waals surface area (Å²) >= 11 is 0. The number of rotatable bonds is 5. The van der Waals surface area contributed by atoms with Crippen LogP contribution in [0, 0.1) is 0 Å². The van der Waals surface area contributed by atoms with Crippen LogP contribution in [0.3, 0.4) is 0 Å². The maximum Gasteiger partial charge on any atom is 0.230 e. The normalized spacial score (nSPS) is 10.3. The highest BCUT2D eigenvalue weighted by Gasteiger charge is 2.22. The molecular weight excluding hydrogens is 396 g/mol. The summed E-state index contributed by atoms with van der Waals surface area (Å²) in [5, 5.41) is 0. The zero-order valence-electron chi connectivity index (χ0n) is 16.0. The molecule has 4 amide bonds.